The van der Waals surface area contributed by atoms with E-state index in [1.54, 1.807) is 21.1 Å². The Morgan fingerprint density at radius 1 is 1.06 bits per heavy atom. The van der Waals surface area contributed by atoms with E-state index < -0.39 is 6.10 Å². The number of benzene rings is 2. The van der Waals surface area contributed by atoms with Crippen molar-refractivity contribution in [2.45, 2.75) is 13.0 Å². The van der Waals surface area contributed by atoms with Crippen LogP contribution in [-0.2, 0) is 0 Å². The minimum Gasteiger partial charge on any atom is -0.496 e. The van der Waals surface area contributed by atoms with E-state index in [9.17, 15) is 5.11 Å². The molecule has 0 aliphatic heterocycles. The average molecular weight is 232 g/mol. The molecule has 0 aromatic heterocycles. The topological polar surface area (TPSA) is 38.7 Å². The van der Waals surface area contributed by atoms with Crippen LogP contribution in [0.15, 0.2) is 30.3 Å². The third-order valence-corrected chi connectivity index (χ3v) is 2.86. The smallest absolute Gasteiger partial charge is 0.132 e. The molecule has 0 spiro atoms. The summed E-state index contributed by atoms with van der Waals surface area (Å²) in [7, 11) is 3.24. The Morgan fingerprint density at radius 3 is 2.24 bits per heavy atom. The van der Waals surface area contributed by atoms with E-state index >= 15 is 0 Å². The van der Waals surface area contributed by atoms with Gasteiger partial charge in [0.15, 0.2) is 0 Å². The molecule has 0 aliphatic carbocycles. The average Bonchev–Trinajstić information content (AvgIpc) is 2.36. The SMILES string of the molecule is COc1cc(C(C)O)c(OC)c2ccccc12. The molecular weight excluding hydrogens is 216 g/mol. The molecule has 1 N–H and O–H groups in total. The molecule has 0 saturated carbocycles. The molecular formula is C14H16O3. The summed E-state index contributed by atoms with van der Waals surface area (Å²) >= 11 is 0. The molecule has 0 heterocycles. The molecule has 0 amide bonds. The molecule has 1 atom stereocenters. The highest BCUT2D eigenvalue weighted by Gasteiger charge is 2.15. The van der Waals surface area contributed by atoms with Gasteiger partial charge in [0.05, 0.1) is 20.3 Å². The van der Waals surface area contributed by atoms with Crippen LogP contribution in [0.5, 0.6) is 11.5 Å². The van der Waals surface area contributed by atoms with Gasteiger partial charge in [0, 0.05) is 16.3 Å². The predicted molar refractivity (Wildman–Crippen MR) is 67.7 cm³/mol. The van der Waals surface area contributed by atoms with Gasteiger partial charge in [-0.15, -0.1) is 0 Å². The maximum Gasteiger partial charge on any atom is 0.132 e. The number of aliphatic hydroxyl groups is 1. The molecule has 1 unspecified atom stereocenters. The molecule has 2 rings (SSSR count). The standard InChI is InChI=1S/C14H16O3/c1-9(15)12-8-13(16-2)10-6-4-5-7-11(10)14(12)17-3/h4-9,15H,1-3H3. The summed E-state index contributed by atoms with van der Waals surface area (Å²) in [6.45, 7) is 1.71. The monoisotopic (exact) mass is 232 g/mol. The fraction of sp³-hybridized carbons (Fsp3) is 0.286. The maximum atomic E-state index is 9.78. The second-order valence-electron chi connectivity index (χ2n) is 3.92. The van der Waals surface area contributed by atoms with Crippen LogP contribution in [-0.4, -0.2) is 19.3 Å². The van der Waals surface area contributed by atoms with Crippen molar-refractivity contribution in [2.24, 2.45) is 0 Å². The zero-order chi connectivity index (χ0) is 12.4. The van der Waals surface area contributed by atoms with Gasteiger partial charge in [-0.2, -0.15) is 0 Å². The predicted octanol–water partition coefficient (Wildman–Crippen LogP) is 2.91. The zero-order valence-corrected chi connectivity index (χ0v) is 10.2. The lowest BCUT2D eigenvalue weighted by Gasteiger charge is -2.16. The van der Waals surface area contributed by atoms with Crippen molar-refractivity contribution < 1.29 is 14.6 Å². The quantitative estimate of drug-likeness (QED) is 0.884. The summed E-state index contributed by atoms with van der Waals surface area (Å²) < 4.78 is 10.8. The summed E-state index contributed by atoms with van der Waals surface area (Å²) in [6, 6.07) is 9.65. The Bertz CT molecular complexity index is 532. The molecule has 0 radical (unpaired) electrons. The molecule has 2 aromatic carbocycles. The van der Waals surface area contributed by atoms with E-state index in [0.29, 0.717) is 5.75 Å². The van der Waals surface area contributed by atoms with Crippen LogP contribution in [0.1, 0.15) is 18.6 Å². The van der Waals surface area contributed by atoms with Crippen molar-refractivity contribution in [3.05, 3.63) is 35.9 Å². The van der Waals surface area contributed by atoms with Crippen LogP contribution >= 0.6 is 0 Å². The first-order chi connectivity index (χ1) is 8.19. The lowest BCUT2D eigenvalue weighted by atomic mass is 10.0. The number of hydrogen-bond acceptors (Lipinski definition) is 3. The Hall–Kier alpha value is -1.74. The molecule has 0 bridgehead atoms. The number of hydrogen-bond donors (Lipinski definition) is 1. The Morgan fingerprint density at radius 2 is 1.71 bits per heavy atom. The molecule has 17 heavy (non-hydrogen) atoms. The second kappa shape index (κ2) is 4.63. The summed E-state index contributed by atoms with van der Waals surface area (Å²) in [5.74, 6) is 1.45. The van der Waals surface area contributed by atoms with Crippen molar-refractivity contribution >= 4 is 10.8 Å². The number of methoxy groups -OCH3 is 2. The Balaban J connectivity index is 2.84. The first-order valence-electron chi connectivity index (χ1n) is 5.50. The number of rotatable bonds is 3. The molecule has 3 nitrogen and oxygen atoms in total. The van der Waals surface area contributed by atoms with Gasteiger partial charge in [-0.05, 0) is 13.0 Å². The number of ether oxygens (including phenoxy) is 2. The van der Waals surface area contributed by atoms with Crippen molar-refractivity contribution in [2.75, 3.05) is 14.2 Å². The summed E-state index contributed by atoms with van der Waals surface area (Å²) in [5, 5.41) is 11.7. The summed E-state index contributed by atoms with van der Waals surface area (Å²) in [5.41, 5.74) is 0.739. The van der Waals surface area contributed by atoms with Crippen LogP contribution < -0.4 is 9.47 Å². The van der Waals surface area contributed by atoms with E-state index in [1.807, 2.05) is 30.3 Å². The Labute approximate surface area is 101 Å². The van der Waals surface area contributed by atoms with Crippen LogP contribution in [0.2, 0.25) is 0 Å². The Kier molecular flexibility index (Phi) is 3.20. The van der Waals surface area contributed by atoms with E-state index in [2.05, 4.69) is 0 Å². The third-order valence-electron chi connectivity index (χ3n) is 2.86. The molecule has 2 aromatic rings. The molecule has 0 fully saturated rings. The molecule has 90 valence electrons. The minimum absolute atomic E-state index is 0.594. The van der Waals surface area contributed by atoms with Crippen molar-refractivity contribution in [3.8, 4) is 11.5 Å². The first-order valence-corrected chi connectivity index (χ1v) is 5.50. The van der Waals surface area contributed by atoms with E-state index in [4.69, 9.17) is 9.47 Å². The van der Waals surface area contributed by atoms with Gasteiger partial charge in [-0.25, -0.2) is 0 Å². The van der Waals surface area contributed by atoms with Crippen LogP contribution in [0.25, 0.3) is 10.8 Å². The minimum atomic E-state index is -0.594. The van der Waals surface area contributed by atoms with E-state index in [-0.39, 0.29) is 0 Å². The number of fused-ring (bicyclic) bond motifs is 1. The highest BCUT2D eigenvalue weighted by atomic mass is 16.5. The lowest BCUT2D eigenvalue weighted by Crippen LogP contribution is -1.99. The highest BCUT2D eigenvalue weighted by molar-refractivity contribution is 5.94. The van der Waals surface area contributed by atoms with Crippen molar-refractivity contribution in [1.29, 1.82) is 0 Å². The first kappa shape index (κ1) is 11.7. The normalized spacial score (nSPS) is 12.5. The third kappa shape index (κ3) is 1.94. The maximum absolute atomic E-state index is 9.78. The van der Waals surface area contributed by atoms with Crippen molar-refractivity contribution in [3.63, 3.8) is 0 Å². The zero-order valence-electron chi connectivity index (χ0n) is 10.2. The van der Waals surface area contributed by atoms with Gasteiger partial charge in [0.1, 0.15) is 11.5 Å². The van der Waals surface area contributed by atoms with E-state index in [0.717, 1.165) is 22.1 Å². The van der Waals surface area contributed by atoms with Gasteiger partial charge < -0.3 is 14.6 Å². The fourth-order valence-corrected chi connectivity index (χ4v) is 2.04. The van der Waals surface area contributed by atoms with Gasteiger partial charge >= 0.3 is 0 Å². The molecule has 3 heteroatoms. The second-order valence-corrected chi connectivity index (χ2v) is 3.92. The van der Waals surface area contributed by atoms with Crippen LogP contribution in [0, 0.1) is 0 Å². The largest absolute Gasteiger partial charge is 0.496 e. The molecule has 0 saturated heterocycles. The van der Waals surface area contributed by atoms with Crippen molar-refractivity contribution in [1.82, 2.24) is 0 Å². The van der Waals surface area contributed by atoms with Gasteiger partial charge in [-0.1, -0.05) is 24.3 Å². The summed E-state index contributed by atoms with van der Waals surface area (Å²) in [4.78, 5) is 0. The fourth-order valence-electron chi connectivity index (χ4n) is 2.04. The van der Waals surface area contributed by atoms with Crippen LogP contribution in [0.4, 0.5) is 0 Å². The lowest BCUT2D eigenvalue weighted by molar-refractivity contribution is 0.194. The van der Waals surface area contributed by atoms with Gasteiger partial charge in [-0.3, -0.25) is 0 Å². The van der Waals surface area contributed by atoms with E-state index in [1.165, 1.54) is 0 Å². The van der Waals surface area contributed by atoms with Crippen LogP contribution in [0.3, 0.4) is 0 Å². The summed E-state index contributed by atoms with van der Waals surface area (Å²) in [6.07, 6.45) is -0.594. The number of aliphatic hydroxyl groups excluding tert-OH is 1. The van der Waals surface area contributed by atoms with Gasteiger partial charge in [0.2, 0.25) is 0 Å². The molecule has 0 aliphatic rings. The highest BCUT2D eigenvalue weighted by Crippen LogP contribution is 2.39. The van der Waals surface area contributed by atoms with Gasteiger partial charge in [0.25, 0.3) is 0 Å².